The number of aryl methyl sites for hydroxylation is 3. The van der Waals surface area contributed by atoms with Gasteiger partial charge in [-0.1, -0.05) is 35.9 Å². The molecule has 5 rings (SSSR count). The highest BCUT2D eigenvalue weighted by Crippen LogP contribution is 2.28. The summed E-state index contributed by atoms with van der Waals surface area (Å²) in [5.74, 6) is 1.50. The predicted molar refractivity (Wildman–Crippen MR) is 155 cm³/mol. The third-order valence-corrected chi connectivity index (χ3v) is 8.11. The molecule has 1 atom stereocenters. The van der Waals surface area contributed by atoms with Gasteiger partial charge in [-0.15, -0.1) is 0 Å². The molecule has 0 amide bonds. The topological polar surface area (TPSA) is 68.9 Å². The molecular formula is C31H36ClN3O4. The number of fused-ring (bicyclic) bond motifs is 1. The van der Waals surface area contributed by atoms with Gasteiger partial charge >= 0.3 is 5.69 Å². The quantitative estimate of drug-likeness (QED) is 0.315. The molecule has 4 aromatic rings. The standard InChI is InChI=1S/C31H36ClN3O4/c1-22-17-26(18-23(2)29(22)32)39-21-31(37)13-6-14-34(20-31)19-24-9-11-25(12-10-24)38-16-15-35-28-8-5-4-7-27(28)33(3)30(35)36/h4-5,7-12,17-18,37H,6,13-16,19-21H2,1-3H3/t31-/m0/s1. The summed E-state index contributed by atoms with van der Waals surface area (Å²) in [6.07, 6.45) is 1.62. The van der Waals surface area contributed by atoms with Crippen molar-refractivity contribution in [3.8, 4) is 11.5 Å². The molecule has 7 nitrogen and oxygen atoms in total. The number of piperidine rings is 1. The zero-order valence-electron chi connectivity index (χ0n) is 22.8. The summed E-state index contributed by atoms with van der Waals surface area (Å²) in [6.45, 7) is 7.27. The molecule has 3 aromatic carbocycles. The average Bonchev–Trinajstić information content (AvgIpc) is 3.16. The van der Waals surface area contributed by atoms with E-state index in [1.54, 1.807) is 16.2 Å². The van der Waals surface area contributed by atoms with Gasteiger partial charge in [-0.05, 0) is 86.3 Å². The first kappa shape index (κ1) is 27.3. The van der Waals surface area contributed by atoms with Gasteiger partial charge in [-0.3, -0.25) is 14.0 Å². The van der Waals surface area contributed by atoms with E-state index in [9.17, 15) is 9.90 Å². The SMILES string of the molecule is Cc1cc(OC[C@]2(O)CCCN(Cc3ccc(OCCn4c(=O)n(C)c5ccccc54)cc3)C2)cc(C)c1Cl. The summed E-state index contributed by atoms with van der Waals surface area (Å²) < 4.78 is 15.4. The molecule has 0 aliphatic carbocycles. The van der Waals surface area contributed by atoms with Crippen molar-refractivity contribution in [1.82, 2.24) is 14.0 Å². The largest absolute Gasteiger partial charge is 0.492 e. The number of halogens is 1. The molecule has 206 valence electrons. The minimum absolute atomic E-state index is 0.0413. The lowest BCUT2D eigenvalue weighted by Crippen LogP contribution is -2.51. The molecule has 0 bridgehead atoms. The third-order valence-electron chi connectivity index (χ3n) is 7.52. The first-order valence-corrected chi connectivity index (χ1v) is 13.8. The zero-order chi connectivity index (χ0) is 27.6. The number of ether oxygens (including phenoxy) is 2. The third kappa shape index (κ3) is 6.16. The number of benzene rings is 3. The van der Waals surface area contributed by atoms with Crippen molar-refractivity contribution in [2.45, 2.75) is 45.4 Å². The fraction of sp³-hybridized carbons (Fsp3) is 0.387. The Bertz CT molecular complexity index is 1490. The number of hydrogen-bond acceptors (Lipinski definition) is 5. The minimum Gasteiger partial charge on any atom is -0.492 e. The van der Waals surface area contributed by atoms with Gasteiger partial charge in [-0.25, -0.2) is 4.79 Å². The second-order valence-electron chi connectivity index (χ2n) is 10.7. The average molecular weight is 550 g/mol. The maximum atomic E-state index is 12.6. The monoisotopic (exact) mass is 549 g/mol. The molecule has 1 aliphatic rings. The van der Waals surface area contributed by atoms with Crippen LogP contribution in [0.25, 0.3) is 11.0 Å². The van der Waals surface area contributed by atoms with Crippen molar-refractivity contribution < 1.29 is 14.6 Å². The van der Waals surface area contributed by atoms with Crippen LogP contribution in [0.4, 0.5) is 0 Å². The van der Waals surface area contributed by atoms with E-state index in [1.807, 2.05) is 62.4 Å². The molecule has 39 heavy (non-hydrogen) atoms. The molecule has 0 radical (unpaired) electrons. The lowest BCUT2D eigenvalue weighted by Gasteiger charge is -2.39. The van der Waals surface area contributed by atoms with Gasteiger partial charge in [0.2, 0.25) is 0 Å². The van der Waals surface area contributed by atoms with Crippen molar-refractivity contribution in [1.29, 1.82) is 0 Å². The minimum atomic E-state index is -0.900. The molecule has 1 aromatic heterocycles. The van der Waals surface area contributed by atoms with E-state index in [2.05, 4.69) is 17.0 Å². The molecule has 0 saturated carbocycles. The first-order chi connectivity index (χ1) is 18.7. The molecule has 1 saturated heterocycles. The summed E-state index contributed by atoms with van der Waals surface area (Å²) in [7, 11) is 1.79. The lowest BCUT2D eigenvalue weighted by molar-refractivity contribution is -0.0621. The van der Waals surface area contributed by atoms with Gasteiger partial charge in [0.15, 0.2) is 0 Å². The van der Waals surface area contributed by atoms with Crippen molar-refractivity contribution in [2.75, 3.05) is 26.3 Å². The molecule has 1 N–H and O–H groups in total. The molecule has 0 unspecified atom stereocenters. The van der Waals surface area contributed by atoms with Gasteiger partial charge in [-0.2, -0.15) is 0 Å². The van der Waals surface area contributed by atoms with Crippen LogP contribution < -0.4 is 15.2 Å². The van der Waals surface area contributed by atoms with Crippen molar-refractivity contribution in [3.63, 3.8) is 0 Å². The number of β-amino-alcohol motifs (C(OH)–C–C–N with tert-alkyl or cyclic N) is 1. The summed E-state index contributed by atoms with van der Waals surface area (Å²) in [5, 5.41) is 12.0. The van der Waals surface area contributed by atoms with Gasteiger partial charge < -0.3 is 14.6 Å². The van der Waals surface area contributed by atoms with Crippen molar-refractivity contribution in [3.05, 3.63) is 92.9 Å². The van der Waals surface area contributed by atoms with Crippen LogP contribution >= 0.6 is 11.6 Å². The Labute approximate surface area is 234 Å². The number of hydrogen-bond donors (Lipinski definition) is 1. The van der Waals surface area contributed by atoms with Crippen LogP contribution in [0.5, 0.6) is 11.5 Å². The highest BCUT2D eigenvalue weighted by atomic mass is 35.5. The zero-order valence-corrected chi connectivity index (χ0v) is 23.6. The van der Waals surface area contributed by atoms with E-state index in [-0.39, 0.29) is 12.3 Å². The summed E-state index contributed by atoms with van der Waals surface area (Å²) in [6, 6.07) is 19.7. The number of imidazole rings is 1. The molecular weight excluding hydrogens is 514 g/mol. The predicted octanol–water partition coefficient (Wildman–Crippen LogP) is 5.10. The van der Waals surface area contributed by atoms with Crippen molar-refractivity contribution in [2.24, 2.45) is 7.05 Å². The second-order valence-corrected chi connectivity index (χ2v) is 11.1. The molecule has 8 heteroatoms. The number of rotatable bonds is 9. The highest BCUT2D eigenvalue weighted by molar-refractivity contribution is 6.32. The Balaban J connectivity index is 1.13. The van der Waals surface area contributed by atoms with E-state index in [4.69, 9.17) is 21.1 Å². The summed E-state index contributed by atoms with van der Waals surface area (Å²) in [4.78, 5) is 14.9. The van der Waals surface area contributed by atoms with Crippen molar-refractivity contribution >= 4 is 22.6 Å². The number of likely N-dealkylation sites (tertiary alicyclic amines) is 1. The van der Waals surface area contributed by atoms with E-state index in [0.29, 0.717) is 26.1 Å². The van der Waals surface area contributed by atoms with Crippen LogP contribution in [0.1, 0.15) is 29.5 Å². The van der Waals surface area contributed by atoms with Crippen LogP contribution in [-0.4, -0.2) is 51.0 Å². The van der Waals surface area contributed by atoms with Crippen LogP contribution in [0.2, 0.25) is 5.02 Å². The number of para-hydroxylation sites is 2. The normalized spacial score (nSPS) is 18.0. The Morgan fingerprint density at radius 2 is 1.67 bits per heavy atom. The van der Waals surface area contributed by atoms with Crippen LogP contribution in [0.3, 0.4) is 0 Å². The number of nitrogens with zero attached hydrogens (tertiary/aromatic N) is 3. The van der Waals surface area contributed by atoms with E-state index in [1.165, 1.54) is 0 Å². The van der Waals surface area contributed by atoms with Crippen LogP contribution in [-0.2, 0) is 20.1 Å². The van der Waals surface area contributed by atoms with Gasteiger partial charge in [0, 0.05) is 25.2 Å². The number of aromatic nitrogens is 2. The summed E-state index contributed by atoms with van der Waals surface area (Å²) in [5.41, 5.74) is 3.98. The van der Waals surface area contributed by atoms with E-state index >= 15 is 0 Å². The maximum Gasteiger partial charge on any atom is 0.328 e. The first-order valence-electron chi connectivity index (χ1n) is 13.4. The molecule has 1 fully saturated rings. The fourth-order valence-corrected chi connectivity index (χ4v) is 5.56. The van der Waals surface area contributed by atoms with Gasteiger partial charge in [0.05, 0.1) is 17.6 Å². The Hall–Kier alpha value is -3.26. The second kappa shape index (κ2) is 11.5. The smallest absolute Gasteiger partial charge is 0.328 e. The number of aliphatic hydroxyl groups is 1. The van der Waals surface area contributed by atoms with Gasteiger partial charge in [0.25, 0.3) is 0 Å². The molecule has 0 spiro atoms. The molecule has 2 heterocycles. The fourth-order valence-electron chi connectivity index (χ4n) is 5.45. The molecule has 1 aliphatic heterocycles. The van der Waals surface area contributed by atoms with E-state index in [0.717, 1.165) is 63.8 Å². The Morgan fingerprint density at radius 3 is 2.38 bits per heavy atom. The Morgan fingerprint density at radius 1 is 0.974 bits per heavy atom. The maximum absolute atomic E-state index is 12.6. The van der Waals surface area contributed by atoms with E-state index < -0.39 is 5.60 Å². The van der Waals surface area contributed by atoms with Crippen LogP contribution in [0, 0.1) is 13.8 Å². The van der Waals surface area contributed by atoms with Gasteiger partial charge in [0.1, 0.15) is 30.3 Å². The summed E-state index contributed by atoms with van der Waals surface area (Å²) >= 11 is 6.28. The van der Waals surface area contributed by atoms with Crippen LogP contribution in [0.15, 0.2) is 65.5 Å². The Kier molecular flexibility index (Phi) is 8.03. The highest BCUT2D eigenvalue weighted by Gasteiger charge is 2.34. The lowest BCUT2D eigenvalue weighted by atomic mass is 9.93.